The van der Waals surface area contributed by atoms with E-state index in [0.29, 0.717) is 34.2 Å². The number of hydrogen-bond acceptors (Lipinski definition) is 6. The summed E-state index contributed by atoms with van der Waals surface area (Å²) in [6.45, 7) is 6.93. The van der Waals surface area contributed by atoms with Gasteiger partial charge in [0.2, 0.25) is 11.8 Å². The molecule has 3 aromatic carbocycles. The molecule has 0 radical (unpaired) electrons. The Bertz CT molecular complexity index is 1570. The van der Waals surface area contributed by atoms with Crippen molar-refractivity contribution in [1.82, 2.24) is 10.2 Å². The summed E-state index contributed by atoms with van der Waals surface area (Å²) in [4.78, 5) is 29.0. The molecule has 0 bridgehead atoms. The third kappa shape index (κ3) is 8.37. The van der Waals surface area contributed by atoms with E-state index in [-0.39, 0.29) is 34.8 Å². The quantitative estimate of drug-likeness (QED) is 0.219. The molecular weight excluding hydrogens is 625 g/mol. The summed E-state index contributed by atoms with van der Waals surface area (Å²) >= 11 is 12.4. The minimum absolute atomic E-state index is 0.000297. The second kappa shape index (κ2) is 15.5. The van der Waals surface area contributed by atoms with Crippen LogP contribution in [0.2, 0.25) is 10.0 Å². The summed E-state index contributed by atoms with van der Waals surface area (Å²) in [5.41, 5.74) is 1.83. The fourth-order valence-corrected chi connectivity index (χ4v) is 6.29. The van der Waals surface area contributed by atoms with Crippen LogP contribution in [0.5, 0.6) is 11.5 Å². The van der Waals surface area contributed by atoms with E-state index in [4.69, 9.17) is 32.7 Å². The molecule has 3 aromatic rings. The van der Waals surface area contributed by atoms with Crippen molar-refractivity contribution in [3.05, 3.63) is 81.8 Å². The average Bonchev–Trinajstić information content (AvgIpc) is 3.01. The molecule has 1 N–H and O–H groups in total. The number of anilines is 1. The van der Waals surface area contributed by atoms with Gasteiger partial charge in [-0.15, -0.1) is 0 Å². The number of hydrogen-bond donors (Lipinski definition) is 1. The maximum Gasteiger partial charge on any atom is 0.264 e. The number of methoxy groups -OCH3 is 2. The Kier molecular flexibility index (Phi) is 12.3. The van der Waals surface area contributed by atoms with Crippen molar-refractivity contribution in [1.29, 1.82) is 0 Å². The molecule has 9 nitrogen and oxygen atoms in total. The van der Waals surface area contributed by atoms with Crippen molar-refractivity contribution in [3.63, 3.8) is 0 Å². The van der Waals surface area contributed by atoms with Gasteiger partial charge in [-0.25, -0.2) is 8.42 Å². The molecule has 3 rings (SSSR count). The highest BCUT2D eigenvalue weighted by atomic mass is 35.5. The van der Waals surface area contributed by atoms with Crippen LogP contribution in [-0.2, 0) is 26.2 Å². The predicted octanol–water partition coefficient (Wildman–Crippen LogP) is 6.24. The topological polar surface area (TPSA) is 105 Å². The highest BCUT2D eigenvalue weighted by Crippen LogP contribution is 2.33. The number of halogens is 2. The molecule has 0 spiro atoms. The number of sulfonamides is 1. The van der Waals surface area contributed by atoms with Gasteiger partial charge >= 0.3 is 0 Å². The molecule has 0 unspecified atom stereocenters. The molecule has 0 aliphatic carbocycles. The van der Waals surface area contributed by atoms with Crippen LogP contribution in [-0.4, -0.2) is 58.0 Å². The van der Waals surface area contributed by atoms with E-state index in [1.165, 1.54) is 37.3 Å². The molecule has 0 aliphatic heterocycles. The second-order valence-electron chi connectivity index (χ2n) is 10.4. The Morgan fingerprint density at radius 3 is 2.11 bits per heavy atom. The van der Waals surface area contributed by atoms with Crippen LogP contribution in [0, 0.1) is 6.92 Å². The first-order chi connectivity index (χ1) is 20.9. The third-order valence-corrected chi connectivity index (χ3v) is 9.78. The van der Waals surface area contributed by atoms with E-state index in [0.717, 1.165) is 9.87 Å². The summed E-state index contributed by atoms with van der Waals surface area (Å²) in [6.07, 6.45) is 0.996. The van der Waals surface area contributed by atoms with Gasteiger partial charge in [-0.05, 0) is 68.7 Å². The van der Waals surface area contributed by atoms with Crippen LogP contribution in [0.25, 0.3) is 0 Å². The standard InChI is InChI=1S/C32H39Cl2N3O6S/c1-7-22(4)35-32(39)28(8-2)36(19-23-11-15-26(33)27(34)17-23)31(38)20-37(24-12-9-21(3)10-13-24)44(40,41)25-14-16-29(42-5)30(18-25)43-6/h9-18,22,28H,7-8,19-20H2,1-6H3,(H,35,39)/t22-,28-/m0/s1. The number of amides is 2. The second-order valence-corrected chi connectivity index (χ2v) is 13.1. The van der Waals surface area contributed by atoms with Crippen molar-refractivity contribution in [2.45, 2.75) is 64.1 Å². The van der Waals surface area contributed by atoms with Gasteiger partial charge in [0, 0.05) is 18.7 Å². The Hall–Kier alpha value is -3.47. The summed E-state index contributed by atoms with van der Waals surface area (Å²) in [5, 5.41) is 3.60. The number of rotatable bonds is 14. The molecule has 0 heterocycles. The number of aryl methyl sites for hydroxylation is 1. The van der Waals surface area contributed by atoms with Gasteiger partial charge in [0.05, 0.1) is 34.8 Å². The molecular formula is C32H39Cl2N3O6S. The van der Waals surface area contributed by atoms with Gasteiger partial charge in [0.25, 0.3) is 10.0 Å². The Labute approximate surface area is 270 Å². The van der Waals surface area contributed by atoms with Gasteiger partial charge < -0.3 is 19.7 Å². The van der Waals surface area contributed by atoms with Gasteiger partial charge in [-0.3, -0.25) is 13.9 Å². The van der Waals surface area contributed by atoms with Crippen LogP contribution >= 0.6 is 23.2 Å². The smallest absolute Gasteiger partial charge is 0.264 e. The molecule has 0 aliphatic rings. The van der Waals surface area contributed by atoms with Crippen molar-refractivity contribution < 1.29 is 27.5 Å². The molecule has 238 valence electrons. The molecule has 0 saturated heterocycles. The normalized spacial score (nSPS) is 12.6. The van der Waals surface area contributed by atoms with Crippen LogP contribution in [0.15, 0.2) is 65.6 Å². The zero-order chi connectivity index (χ0) is 32.6. The molecule has 2 atom stereocenters. The number of ether oxygens (including phenoxy) is 2. The number of nitrogens with one attached hydrogen (secondary N) is 1. The van der Waals surface area contributed by atoms with E-state index in [2.05, 4.69) is 5.32 Å². The van der Waals surface area contributed by atoms with E-state index >= 15 is 0 Å². The molecule has 12 heteroatoms. The minimum Gasteiger partial charge on any atom is -0.493 e. The van der Waals surface area contributed by atoms with E-state index in [9.17, 15) is 18.0 Å². The average molecular weight is 665 g/mol. The lowest BCUT2D eigenvalue weighted by atomic mass is 10.1. The van der Waals surface area contributed by atoms with Crippen molar-refractivity contribution >= 4 is 50.7 Å². The molecule has 0 fully saturated rings. The van der Waals surface area contributed by atoms with Gasteiger partial charge in [-0.1, -0.05) is 60.8 Å². The fraction of sp³-hybridized carbons (Fsp3) is 0.375. The monoisotopic (exact) mass is 663 g/mol. The fourth-order valence-electron chi connectivity index (χ4n) is 4.54. The first kappa shape index (κ1) is 35.0. The Morgan fingerprint density at radius 2 is 1.55 bits per heavy atom. The number of nitrogens with zero attached hydrogens (tertiary/aromatic N) is 2. The van der Waals surface area contributed by atoms with Crippen LogP contribution in [0.3, 0.4) is 0 Å². The zero-order valence-electron chi connectivity index (χ0n) is 25.8. The minimum atomic E-state index is -4.30. The summed E-state index contributed by atoms with van der Waals surface area (Å²) in [7, 11) is -1.44. The Balaban J connectivity index is 2.11. The molecule has 0 saturated carbocycles. The highest BCUT2D eigenvalue weighted by Gasteiger charge is 2.34. The van der Waals surface area contributed by atoms with Crippen LogP contribution in [0.1, 0.15) is 44.7 Å². The first-order valence-corrected chi connectivity index (χ1v) is 16.4. The van der Waals surface area contributed by atoms with E-state index in [1.54, 1.807) is 49.4 Å². The van der Waals surface area contributed by atoms with Crippen LogP contribution < -0.4 is 19.1 Å². The lowest BCUT2D eigenvalue weighted by Gasteiger charge is -2.34. The molecule has 2 amide bonds. The van der Waals surface area contributed by atoms with Crippen molar-refractivity contribution in [2.75, 3.05) is 25.1 Å². The van der Waals surface area contributed by atoms with E-state index < -0.39 is 28.5 Å². The van der Waals surface area contributed by atoms with Gasteiger partial charge in [0.15, 0.2) is 11.5 Å². The van der Waals surface area contributed by atoms with Gasteiger partial charge in [-0.2, -0.15) is 0 Å². The number of benzene rings is 3. The SMILES string of the molecule is CC[C@H](C)NC(=O)[C@H](CC)N(Cc1ccc(Cl)c(Cl)c1)C(=O)CN(c1ccc(C)cc1)S(=O)(=O)c1ccc(OC)c(OC)c1. The molecule has 44 heavy (non-hydrogen) atoms. The molecule has 0 aromatic heterocycles. The summed E-state index contributed by atoms with van der Waals surface area (Å²) in [5.74, 6) is -0.333. The highest BCUT2D eigenvalue weighted by molar-refractivity contribution is 7.92. The third-order valence-electron chi connectivity index (χ3n) is 7.27. The van der Waals surface area contributed by atoms with Crippen LogP contribution in [0.4, 0.5) is 5.69 Å². The van der Waals surface area contributed by atoms with Crippen molar-refractivity contribution in [2.24, 2.45) is 0 Å². The Morgan fingerprint density at radius 1 is 0.886 bits per heavy atom. The van der Waals surface area contributed by atoms with E-state index in [1.807, 2.05) is 20.8 Å². The zero-order valence-corrected chi connectivity index (χ0v) is 28.1. The number of carbonyl (C=O) groups is 2. The summed E-state index contributed by atoms with van der Waals surface area (Å²) < 4.78 is 40.0. The first-order valence-electron chi connectivity index (χ1n) is 14.2. The lowest BCUT2D eigenvalue weighted by molar-refractivity contribution is -0.140. The maximum absolute atomic E-state index is 14.2. The predicted molar refractivity (Wildman–Crippen MR) is 174 cm³/mol. The lowest BCUT2D eigenvalue weighted by Crippen LogP contribution is -2.53. The van der Waals surface area contributed by atoms with Gasteiger partial charge in [0.1, 0.15) is 12.6 Å². The largest absolute Gasteiger partial charge is 0.493 e. The number of carbonyl (C=O) groups excluding carboxylic acids is 2. The van der Waals surface area contributed by atoms with Crippen molar-refractivity contribution in [3.8, 4) is 11.5 Å². The maximum atomic E-state index is 14.2. The summed E-state index contributed by atoms with van der Waals surface area (Å²) in [6, 6.07) is 15.0.